The summed E-state index contributed by atoms with van der Waals surface area (Å²) in [6.45, 7) is 11.5. The Morgan fingerprint density at radius 2 is 1.93 bits per heavy atom. The van der Waals surface area contributed by atoms with Crippen LogP contribution in [0.15, 0.2) is 24.3 Å². The third-order valence-electron chi connectivity index (χ3n) is 5.39. The Labute approximate surface area is 162 Å². The first kappa shape index (κ1) is 21.2. The van der Waals surface area contributed by atoms with E-state index < -0.39 is 5.91 Å². The molecule has 1 aromatic carbocycles. The van der Waals surface area contributed by atoms with Crippen molar-refractivity contribution in [3.05, 3.63) is 41.0 Å². The summed E-state index contributed by atoms with van der Waals surface area (Å²) in [5.74, 6) is -0.423. The number of amides is 2. The molecule has 0 atom stereocenters. The second kappa shape index (κ2) is 8.26. The van der Waals surface area contributed by atoms with Gasteiger partial charge in [-0.1, -0.05) is 26.0 Å². The summed E-state index contributed by atoms with van der Waals surface area (Å²) >= 11 is 0. The van der Waals surface area contributed by atoms with Gasteiger partial charge in [-0.3, -0.25) is 9.59 Å². The minimum absolute atomic E-state index is 0.0325. The van der Waals surface area contributed by atoms with Gasteiger partial charge >= 0.3 is 0 Å². The van der Waals surface area contributed by atoms with E-state index in [1.807, 2.05) is 12.1 Å². The lowest BCUT2D eigenvalue weighted by Crippen LogP contribution is -2.41. The highest BCUT2D eigenvalue weighted by Gasteiger charge is 2.26. The fraction of sp³-hybridized carbons (Fsp3) is 0.545. The predicted molar refractivity (Wildman–Crippen MR) is 110 cm³/mol. The van der Waals surface area contributed by atoms with Gasteiger partial charge in [0.05, 0.1) is 0 Å². The van der Waals surface area contributed by atoms with Crippen LogP contribution >= 0.6 is 0 Å². The Balaban J connectivity index is 2.27. The molecule has 148 valence electrons. The molecule has 2 amide bonds. The number of hydrogen-bond donors (Lipinski definition) is 3. The summed E-state index contributed by atoms with van der Waals surface area (Å²) < 4.78 is 0. The fourth-order valence-corrected chi connectivity index (χ4v) is 3.45. The fourth-order valence-electron chi connectivity index (χ4n) is 3.45. The molecule has 0 heterocycles. The van der Waals surface area contributed by atoms with Gasteiger partial charge in [0.25, 0.3) is 0 Å². The monoisotopic (exact) mass is 371 g/mol. The van der Waals surface area contributed by atoms with Gasteiger partial charge in [-0.15, -0.1) is 0 Å². The SMILES string of the molecule is CC(=O)NCCNC(C)(C)c1ccc(C(N)=O)c(C2=CCC(C)(C)CC2)c1. The van der Waals surface area contributed by atoms with Crippen molar-refractivity contribution in [2.45, 2.75) is 59.4 Å². The molecule has 27 heavy (non-hydrogen) atoms. The normalized spacial score (nSPS) is 16.6. The van der Waals surface area contributed by atoms with E-state index in [2.05, 4.69) is 50.5 Å². The number of carbonyl (C=O) groups is 2. The molecule has 5 heteroatoms. The van der Waals surface area contributed by atoms with E-state index in [0.717, 1.165) is 30.4 Å². The molecule has 0 bridgehead atoms. The highest BCUT2D eigenvalue weighted by atomic mass is 16.1. The van der Waals surface area contributed by atoms with Gasteiger partial charge in [0.15, 0.2) is 0 Å². The van der Waals surface area contributed by atoms with Gasteiger partial charge < -0.3 is 16.4 Å². The van der Waals surface area contributed by atoms with Crippen molar-refractivity contribution in [3.8, 4) is 0 Å². The zero-order valence-corrected chi connectivity index (χ0v) is 17.2. The van der Waals surface area contributed by atoms with Crippen LogP contribution < -0.4 is 16.4 Å². The van der Waals surface area contributed by atoms with Crippen LogP contribution in [0.2, 0.25) is 0 Å². The van der Waals surface area contributed by atoms with Crippen molar-refractivity contribution in [3.63, 3.8) is 0 Å². The minimum atomic E-state index is -0.390. The molecule has 0 saturated carbocycles. The van der Waals surface area contributed by atoms with Crippen molar-refractivity contribution in [2.24, 2.45) is 11.1 Å². The van der Waals surface area contributed by atoms with Gasteiger partial charge in [0, 0.05) is 31.1 Å². The largest absolute Gasteiger partial charge is 0.366 e. The maximum Gasteiger partial charge on any atom is 0.249 e. The van der Waals surface area contributed by atoms with Gasteiger partial charge in [-0.2, -0.15) is 0 Å². The molecule has 0 aromatic heterocycles. The van der Waals surface area contributed by atoms with Crippen molar-refractivity contribution >= 4 is 17.4 Å². The summed E-state index contributed by atoms with van der Waals surface area (Å²) in [7, 11) is 0. The van der Waals surface area contributed by atoms with Gasteiger partial charge in [0.2, 0.25) is 11.8 Å². The Hall–Kier alpha value is -2.14. The molecule has 1 aromatic rings. The first-order valence-electron chi connectivity index (χ1n) is 9.65. The van der Waals surface area contributed by atoms with Crippen LogP contribution in [0.1, 0.15) is 75.4 Å². The molecular formula is C22H33N3O2. The van der Waals surface area contributed by atoms with Crippen LogP contribution in [0.5, 0.6) is 0 Å². The third-order valence-corrected chi connectivity index (χ3v) is 5.39. The number of primary amides is 1. The molecule has 0 fully saturated rings. The highest BCUT2D eigenvalue weighted by Crippen LogP contribution is 2.39. The van der Waals surface area contributed by atoms with Crippen molar-refractivity contribution in [2.75, 3.05) is 13.1 Å². The van der Waals surface area contributed by atoms with E-state index in [-0.39, 0.29) is 11.4 Å². The average Bonchev–Trinajstić information content (AvgIpc) is 2.58. The zero-order valence-electron chi connectivity index (χ0n) is 17.2. The van der Waals surface area contributed by atoms with E-state index in [1.54, 1.807) is 0 Å². The Bertz CT molecular complexity index is 748. The van der Waals surface area contributed by atoms with Crippen LogP contribution in [-0.2, 0) is 10.3 Å². The standard InChI is InChI=1S/C22H33N3O2/c1-15(26)24-12-13-25-22(4,5)17-6-7-18(20(23)27)19(14-17)16-8-10-21(2,3)11-9-16/h6-8,14,25H,9-13H2,1-5H3,(H2,23,27)(H,24,26). The van der Waals surface area contributed by atoms with E-state index in [4.69, 9.17) is 5.73 Å². The lowest BCUT2D eigenvalue weighted by atomic mass is 9.76. The number of allylic oxidation sites excluding steroid dienone is 2. The topological polar surface area (TPSA) is 84.2 Å². The summed E-state index contributed by atoms with van der Waals surface area (Å²) in [6, 6.07) is 5.89. The Morgan fingerprint density at radius 3 is 2.48 bits per heavy atom. The second-order valence-corrected chi connectivity index (χ2v) is 8.76. The van der Waals surface area contributed by atoms with Gasteiger partial charge in [0.1, 0.15) is 0 Å². The molecule has 0 radical (unpaired) electrons. The number of benzene rings is 1. The highest BCUT2D eigenvalue weighted by molar-refractivity contribution is 5.98. The molecule has 0 aliphatic heterocycles. The quantitative estimate of drug-likeness (QED) is 0.643. The van der Waals surface area contributed by atoms with Crippen molar-refractivity contribution in [1.29, 1.82) is 0 Å². The molecule has 1 aliphatic rings. The van der Waals surface area contributed by atoms with Crippen LogP contribution in [-0.4, -0.2) is 24.9 Å². The Kier molecular flexibility index (Phi) is 6.47. The average molecular weight is 372 g/mol. The van der Waals surface area contributed by atoms with Crippen LogP contribution in [0.3, 0.4) is 0 Å². The maximum absolute atomic E-state index is 12.0. The molecule has 0 saturated heterocycles. The number of nitrogens with two attached hydrogens (primary N) is 1. The summed E-state index contributed by atoms with van der Waals surface area (Å²) in [4.78, 5) is 23.0. The van der Waals surface area contributed by atoms with Gasteiger partial charge in [-0.25, -0.2) is 0 Å². The third kappa shape index (κ3) is 5.67. The molecule has 4 N–H and O–H groups in total. The van der Waals surface area contributed by atoms with Gasteiger partial charge in [-0.05, 0) is 67.4 Å². The minimum Gasteiger partial charge on any atom is -0.366 e. The zero-order chi connectivity index (χ0) is 20.2. The van der Waals surface area contributed by atoms with E-state index in [9.17, 15) is 9.59 Å². The van der Waals surface area contributed by atoms with E-state index >= 15 is 0 Å². The second-order valence-electron chi connectivity index (χ2n) is 8.76. The number of carbonyl (C=O) groups excluding carboxylic acids is 2. The van der Waals surface area contributed by atoms with Crippen molar-refractivity contribution in [1.82, 2.24) is 10.6 Å². The number of hydrogen-bond acceptors (Lipinski definition) is 3. The Morgan fingerprint density at radius 1 is 1.22 bits per heavy atom. The maximum atomic E-state index is 12.0. The number of rotatable bonds is 7. The molecule has 1 aliphatic carbocycles. The smallest absolute Gasteiger partial charge is 0.249 e. The first-order valence-corrected chi connectivity index (χ1v) is 9.65. The summed E-state index contributed by atoms with van der Waals surface area (Å²) in [6.07, 6.45) is 5.31. The van der Waals surface area contributed by atoms with Crippen LogP contribution in [0, 0.1) is 5.41 Å². The van der Waals surface area contributed by atoms with E-state index in [0.29, 0.717) is 24.1 Å². The number of nitrogens with one attached hydrogen (secondary N) is 2. The molecular weight excluding hydrogens is 338 g/mol. The van der Waals surface area contributed by atoms with Crippen molar-refractivity contribution < 1.29 is 9.59 Å². The molecule has 0 spiro atoms. The molecule has 5 nitrogen and oxygen atoms in total. The molecule has 0 unspecified atom stereocenters. The van der Waals surface area contributed by atoms with Crippen LogP contribution in [0.25, 0.3) is 5.57 Å². The predicted octanol–water partition coefficient (Wildman–Crippen LogP) is 3.34. The molecule has 2 rings (SSSR count). The lowest BCUT2D eigenvalue weighted by molar-refractivity contribution is -0.118. The summed E-state index contributed by atoms with van der Waals surface area (Å²) in [5, 5.41) is 6.26. The lowest BCUT2D eigenvalue weighted by Gasteiger charge is -2.31. The first-order chi connectivity index (χ1) is 12.5. The van der Waals surface area contributed by atoms with Crippen LogP contribution in [0.4, 0.5) is 0 Å². The summed E-state index contributed by atoms with van der Waals surface area (Å²) in [5.41, 5.74) is 9.48. The van der Waals surface area contributed by atoms with E-state index in [1.165, 1.54) is 12.5 Å².